The molecule has 49 heavy (non-hydrogen) atoms. The van der Waals surface area contributed by atoms with Crippen molar-refractivity contribution in [3.05, 3.63) is 0 Å². The average Bonchev–Trinajstić information content (AvgIpc) is 3.05. The SMILES string of the molecule is C1CCCCCCCCCCCCCCCCCCCCCCCC1.CCO.CCO.CCO.CCO.CCO.CCO.CCO.CCO. The van der Waals surface area contributed by atoms with E-state index in [-0.39, 0.29) is 52.9 Å². The van der Waals surface area contributed by atoms with E-state index in [4.69, 9.17) is 40.9 Å². The van der Waals surface area contributed by atoms with Gasteiger partial charge in [-0.25, -0.2) is 0 Å². The van der Waals surface area contributed by atoms with E-state index in [0.717, 1.165) is 0 Å². The first-order valence-corrected chi connectivity index (χ1v) is 20.7. The van der Waals surface area contributed by atoms with Crippen LogP contribution >= 0.6 is 0 Å². The van der Waals surface area contributed by atoms with Gasteiger partial charge in [-0.2, -0.15) is 0 Å². The monoisotopic (exact) mass is 719 g/mol. The zero-order valence-corrected chi connectivity index (χ0v) is 34.9. The molecular weight excluding hydrogens is 620 g/mol. The van der Waals surface area contributed by atoms with Crippen molar-refractivity contribution in [1.29, 1.82) is 0 Å². The summed E-state index contributed by atoms with van der Waals surface area (Å²) < 4.78 is 0. The Bertz CT molecular complexity index is 224. The quantitative estimate of drug-likeness (QED) is 0.123. The van der Waals surface area contributed by atoms with Crippen molar-refractivity contribution in [3.8, 4) is 0 Å². The molecule has 0 atom stereocenters. The molecule has 0 aromatic carbocycles. The van der Waals surface area contributed by atoms with Crippen molar-refractivity contribution in [2.45, 2.75) is 216 Å². The first-order valence-electron chi connectivity index (χ1n) is 20.7. The van der Waals surface area contributed by atoms with Crippen molar-refractivity contribution >= 4 is 0 Å². The number of aliphatic hydroxyl groups excluding tert-OH is 8. The summed E-state index contributed by atoms with van der Waals surface area (Å²) in [6, 6.07) is 0. The highest BCUT2D eigenvalue weighted by Gasteiger charge is 1.97. The summed E-state index contributed by atoms with van der Waals surface area (Å²) in [5.74, 6) is 0. The molecule has 0 aromatic heterocycles. The van der Waals surface area contributed by atoms with E-state index in [2.05, 4.69) is 0 Å². The number of hydrogen-bond acceptors (Lipinski definition) is 8. The van der Waals surface area contributed by atoms with Crippen molar-refractivity contribution in [1.82, 2.24) is 0 Å². The topological polar surface area (TPSA) is 162 Å². The van der Waals surface area contributed by atoms with Crippen LogP contribution in [0.5, 0.6) is 0 Å². The fourth-order valence-corrected chi connectivity index (χ4v) is 4.42. The minimum absolute atomic E-state index is 0.250. The molecule has 1 aliphatic rings. The normalized spacial score (nSPS) is 15.2. The van der Waals surface area contributed by atoms with Gasteiger partial charge in [0.25, 0.3) is 0 Å². The Labute approximate surface area is 309 Å². The molecule has 1 fully saturated rings. The van der Waals surface area contributed by atoms with E-state index in [9.17, 15) is 0 Å². The van der Waals surface area contributed by atoms with Gasteiger partial charge in [0.15, 0.2) is 0 Å². The molecule has 0 spiro atoms. The van der Waals surface area contributed by atoms with Crippen LogP contribution in [0.2, 0.25) is 0 Å². The maximum atomic E-state index is 7.57. The number of hydrogen-bond donors (Lipinski definition) is 8. The van der Waals surface area contributed by atoms with Crippen molar-refractivity contribution < 1.29 is 40.9 Å². The molecule has 8 nitrogen and oxygen atoms in total. The summed E-state index contributed by atoms with van der Waals surface area (Å²) in [4.78, 5) is 0. The van der Waals surface area contributed by atoms with Gasteiger partial charge in [0.05, 0.1) is 0 Å². The minimum atomic E-state index is 0.250. The second kappa shape index (κ2) is 97.3. The Morgan fingerprint density at radius 2 is 0.184 bits per heavy atom. The van der Waals surface area contributed by atoms with Crippen LogP contribution < -0.4 is 0 Å². The summed E-state index contributed by atoms with van der Waals surface area (Å²) in [7, 11) is 0. The van der Waals surface area contributed by atoms with Crippen molar-refractivity contribution in [3.63, 3.8) is 0 Å². The van der Waals surface area contributed by atoms with Crippen LogP contribution in [0.1, 0.15) is 216 Å². The van der Waals surface area contributed by atoms with Gasteiger partial charge in [0.2, 0.25) is 0 Å². The predicted molar refractivity (Wildman–Crippen MR) is 218 cm³/mol. The van der Waals surface area contributed by atoms with Gasteiger partial charge in [-0.1, -0.05) is 161 Å². The van der Waals surface area contributed by atoms with Gasteiger partial charge >= 0.3 is 0 Å². The maximum Gasteiger partial charge on any atom is 0.0402 e. The second-order valence-electron chi connectivity index (χ2n) is 11.4. The molecule has 310 valence electrons. The third-order valence-electron chi connectivity index (χ3n) is 6.25. The van der Waals surface area contributed by atoms with Gasteiger partial charge in [0, 0.05) is 52.9 Å². The highest BCUT2D eigenvalue weighted by atomic mass is 16.3. The van der Waals surface area contributed by atoms with Crippen LogP contribution in [-0.2, 0) is 0 Å². The van der Waals surface area contributed by atoms with E-state index in [1.807, 2.05) is 0 Å². The molecular formula is C41H98O8. The molecule has 0 radical (unpaired) electrons. The predicted octanol–water partition coefficient (Wildman–Crippen LogP) is 9.74. The molecule has 8 N–H and O–H groups in total. The summed E-state index contributed by atoms with van der Waals surface area (Å²) in [6.07, 6.45) is 37.5. The fourth-order valence-electron chi connectivity index (χ4n) is 4.42. The van der Waals surface area contributed by atoms with Gasteiger partial charge in [-0.3, -0.25) is 0 Å². The van der Waals surface area contributed by atoms with Gasteiger partial charge in [-0.15, -0.1) is 0 Å². The van der Waals surface area contributed by atoms with Crippen LogP contribution in [-0.4, -0.2) is 93.7 Å². The molecule has 1 aliphatic carbocycles. The minimum Gasteiger partial charge on any atom is -0.397 e. The number of aliphatic hydroxyl groups is 8. The van der Waals surface area contributed by atoms with Crippen molar-refractivity contribution in [2.24, 2.45) is 0 Å². The van der Waals surface area contributed by atoms with E-state index in [0.29, 0.717) is 0 Å². The van der Waals surface area contributed by atoms with Crippen molar-refractivity contribution in [2.75, 3.05) is 52.9 Å². The van der Waals surface area contributed by atoms with E-state index >= 15 is 0 Å². The lowest BCUT2D eigenvalue weighted by molar-refractivity contribution is 0.318. The van der Waals surface area contributed by atoms with Gasteiger partial charge < -0.3 is 40.9 Å². The standard InChI is InChI=1S/C25H50.8C2H6O/c1-2-4-6-8-10-12-14-16-18-20-22-24-25-23-21-19-17-15-13-11-9-7-5-3-1;8*1-2-3/h1-25H2;8*3H,2H2,1H3. The highest BCUT2D eigenvalue weighted by molar-refractivity contribution is 4.53. The first kappa shape index (κ1) is 66.9. The van der Waals surface area contributed by atoms with Crippen LogP contribution in [0.15, 0.2) is 0 Å². The Hall–Kier alpha value is -0.320. The van der Waals surface area contributed by atoms with Gasteiger partial charge in [0.1, 0.15) is 0 Å². The van der Waals surface area contributed by atoms with E-state index in [1.54, 1.807) is 55.4 Å². The Morgan fingerprint density at radius 3 is 0.204 bits per heavy atom. The molecule has 1 saturated carbocycles. The largest absolute Gasteiger partial charge is 0.397 e. The molecule has 0 unspecified atom stereocenters. The molecule has 1 rings (SSSR count). The van der Waals surface area contributed by atoms with Gasteiger partial charge in [-0.05, 0) is 55.4 Å². The third-order valence-corrected chi connectivity index (χ3v) is 6.25. The Kier molecular flexibility index (Phi) is 133. The molecule has 8 heteroatoms. The lowest BCUT2D eigenvalue weighted by Crippen LogP contribution is -1.84. The van der Waals surface area contributed by atoms with Crippen LogP contribution in [0.25, 0.3) is 0 Å². The molecule has 0 aliphatic heterocycles. The second-order valence-corrected chi connectivity index (χ2v) is 11.4. The summed E-state index contributed by atoms with van der Waals surface area (Å²) >= 11 is 0. The summed E-state index contributed by atoms with van der Waals surface area (Å²) in [6.45, 7) is 15.4. The van der Waals surface area contributed by atoms with Crippen LogP contribution in [0.4, 0.5) is 0 Å². The lowest BCUT2D eigenvalue weighted by Gasteiger charge is -2.04. The average molecular weight is 719 g/mol. The third kappa shape index (κ3) is 163. The summed E-state index contributed by atoms with van der Waals surface area (Å²) in [5, 5.41) is 60.6. The Balaban J connectivity index is -0.0000000949. The first-order chi connectivity index (χ1) is 23.8. The molecule has 0 amide bonds. The van der Waals surface area contributed by atoms with E-state index < -0.39 is 0 Å². The fraction of sp³-hybridized carbons (Fsp3) is 1.00. The number of rotatable bonds is 0. The maximum absolute atomic E-state index is 7.57. The van der Waals surface area contributed by atoms with Crippen LogP contribution in [0, 0.1) is 0 Å². The zero-order valence-electron chi connectivity index (χ0n) is 34.9. The smallest absolute Gasteiger partial charge is 0.0402 e. The highest BCUT2D eigenvalue weighted by Crippen LogP contribution is 2.17. The lowest BCUT2D eigenvalue weighted by atomic mass is 10.0. The molecule has 0 aromatic rings. The molecule has 0 saturated heterocycles. The summed E-state index contributed by atoms with van der Waals surface area (Å²) in [5.41, 5.74) is 0. The zero-order chi connectivity index (χ0) is 39.3. The van der Waals surface area contributed by atoms with Crippen LogP contribution in [0.3, 0.4) is 0 Å². The van der Waals surface area contributed by atoms with E-state index in [1.165, 1.54) is 161 Å². The molecule has 0 bridgehead atoms. The molecule has 0 heterocycles. The Morgan fingerprint density at radius 1 is 0.163 bits per heavy atom.